The predicted molar refractivity (Wildman–Crippen MR) is 81.2 cm³/mol. The van der Waals surface area contributed by atoms with Crippen molar-refractivity contribution in [1.82, 2.24) is 15.3 Å². The zero-order chi connectivity index (χ0) is 14.4. The summed E-state index contributed by atoms with van der Waals surface area (Å²) in [6, 6.07) is 1.88. The first-order valence-corrected chi connectivity index (χ1v) is 7.94. The molecular weight excluding hydrogens is 274 g/mol. The van der Waals surface area contributed by atoms with Crippen molar-refractivity contribution in [2.24, 2.45) is 0 Å². The lowest BCUT2D eigenvalue weighted by atomic mass is 9.95. The van der Waals surface area contributed by atoms with E-state index in [1.165, 1.54) is 37.1 Å². The van der Waals surface area contributed by atoms with Gasteiger partial charge in [-0.2, -0.15) is 0 Å². The van der Waals surface area contributed by atoms with Crippen molar-refractivity contribution in [2.45, 2.75) is 49.7 Å². The molecule has 2 rings (SSSR count). The van der Waals surface area contributed by atoms with Crippen LogP contribution in [0.2, 0.25) is 0 Å². The molecule has 1 amide bonds. The SMILES string of the molecule is Nc1cc(N)nc(SCCC(=O)NC2CCCCC2)n1. The molecule has 0 saturated heterocycles. The van der Waals surface area contributed by atoms with Crippen molar-refractivity contribution < 1.29 is 4.79 Å². The standard InChI is InChI=1S/C13H21N5OS/c14-10-8-11(15)18-13(17-10)20-7-6-12(19)16-9-4-2-1-3-5-9/h8-9H,1-7H2,(H,16,19)(H4,14,15,17,18). The number of nitrogens with two attached hydrogens (primary N) is 2. The molecule has 6 nitrogen and oxygen atoms in total. The predicted octanol–water partition coefficient (Wildman–Crippen LogP) is 1.57. The summed E-state index contributed by atoms with van der Waals surface area (Å²) in [6.45, 7) is 0. The molecule has 20 heavy (non-hydrogen) atoms. The topological polar surface area (TPSA) is 107 Å². The molecule has 1 aromatic rings. The smallest absolute Gasteiger partial charge is 0.221 e. The summed E-state index contributed by atoms with van der Waals surface area (Å²) in [6.07, 6.45) is 6.39. The number of anilines is 2. The maximum Gasteiger partial charge on any atom is 0.221 e. The molecule has 1 fully saturated rings. The van der Waals surface area contributed by atoms with E-state index in [9.17, 15) is 4.79 Å². The van der Waals surface area contributed by atoms with E-state index in [0.717, 1.165) is 12.8 Å². The van der Waals surface area contributed by atoms with Gasteiger partial charge in [0.1, 0.15) is 11.6 Å². The second kappa shape index (κ2) is 7.33. The molecule has 7 heteroatoms. The van der Waals surface area contributed by atoms with Gasteiger partial charge in [0.05, 0.1) is 0 Å². The van der Waals surface area contributed by atoms with Crippen LogP contribution in [0.1, 0.15) is 38.5 Å². The van der Waals surface area contributed by atoms with E-state index in [-0.39, 0.29) is 5.91 Å². The molecule has 1 heterocycles. The van der Waals surface area contributed by atoms with Gasteiger partial charge in [0, 0.05) is 24.3 Å². The summed E-state index contributed by atoms with van der Waals surface area (Å²) in [7, 11) is 0. The van der Waals surface area contributed by atoms with Crippen LogP contribution in [0.3, 0.4) is 0 Å². The number of amides is 1. The van der Waals surface area contributed by atoms with Crippen LogP contribution in [-0.4, -0.2) is 27.7 Å². The number of rotatable bonds is 5. The lowest BCUT2D eigenvalue weighted by molar-refractivity contribution is -0.121. The van der Waals surface area contributed by atoms with Crippen molar-refractivity contribution in [3.05, 3.63) is 6.07 Å². The number of hydrogen-bond donors (Lipinski definition) is 3. The fourth-order valence-electron chi connectivity index (χ4n) is 2.31. The Balaban J connectivity index is 1.70. The number of nitrogen functional groups attached to an aromatic ring is 2. The van der Waals surface area contributed by atoms with Gasteiger partial charge >= 0.3 is 0 Å². The Morgan fingerprint density at radius 1 is 1.25 bits per heavy atom. The van der Waals surface area contributed by atoms with Gasteiger partial charge in [0.2, 0.25) is 5.91 Å². The third-order valence-electron chi connectivity index (χ3n) is 3.28. The monoisotopic (exact) mass is 295 g/mol. The molecule has 110 valence electrons. The van der Waals surface area contributed by atoms with Gasteiger partial charge < -0.3 is 16.8 Å². The second-order valence-electron chi connectivity index (χ2n) is 5.00. The third kappa shape index (κ3) is 4.88. The highest BCUT2D eigenvalue weighted by molar-refractivity contribution is 7.99. The maximum absolute atomic E-state index is 11.8. The molecule has 0 spiro atoms. The van der Waals surface area contributed by atoms with E-state index in [4.69, 9.17) is 11.5 Å². The van der Waals surface area contributed by atoms with Gasteiger partial charge in [-0.15, -0.1) is 0 Å². The van der Waals surface area contributed by atoms with Gasteiger partial charge in [0.25, 0.3) is 0 Å². The third-order valence-corrected chi connectivity index (χ3v) is 4.12. The fraction of sp³-hybridized carbons (Fsp3) is 0.615. The van der Waals surface area contributed by atoms with Crippen molar-refractivity contribution in [3.63, 3.8) is 0 Å². The lowest BCUT2D eigenvalue weighted by Crippen LogP contribution is -2.36. The molecule has 5 N–H and O–H groups in total. The Bertz CT molecular complexity index is 442. The van der Waals surface area contributed by atoms with Crippen molar-refractivity contribution in [2.75, 3.05) is 17.2 Å². The number of nitrogens with one attached hydrogen (secondary N) is 1. The van der Waals surface area contributed by atoms with E-state index in [1.807, 2.05) is 0 Å². The number of carbonyl (C=O) groups is 1. The van der Waals surface area contributed by atoms with Gasteiger partial charge in [-0.25, -0.2) is 9.97 Å². The number of thioether (sulfide) groups is 1. The highest BCUT2D eigenvalue weighted by atomic mass is 32.2. The summed E-state index contributed by atoms with van der Waals surface area (Å²) in [5.41, 5.74) is 11.2. The van der Waals surface area contributed by atoms with Crippen LogP contribution in [0, 0.1) is 0 Å². The average Bonchev–Trinajstić information content (AvgIpc) is 2.38. The van der Waals surface area contributed by atoms with E-state index >= 15 is 0 Å². The molecule has 0 radical (unpaired) electrons. The number of carbonyl (C=O) groups excluding carboxylic acids is 1. The molecule has 0 aliphatic heterocycles. The van der Waals surface area contributed by atoms with E-state index in [2.05, 4.69) is 15.3 Å². The van der Waals surface area contributed by atoms with E-state index in [0.29, 0.717) is 35.0 Å². The number of aromatic nitrogens is 2. The molecule has 1 saturated carbocycles. The normalized spacial score (nSPS) is 16.0. The van der Waals surface area contributed by atoms with Crippen molar-refractivity contribution in [1.29, 1.82) is 0 Å². The van der Waals surface area contributed by atoms with E-state index < -0.39 is 0 Å². The first-order valence-electron chi connectivity index (χ1n) is 6.95. The Morgan fingerprint density at radius 2 is 1.90 bits per heavy atom. The largest absolute Gasteiger partial charge is 0.383 e. The van der Waals surface area contributed by atoms with Gasteiger partial charge in [-0.3, -0.25) is 4.79 Å². The summed E-state index contributed by atoms with van der Waals surface area (Å²) < 4.78 is 0. The second-order valence-corrected chi connectivity index (χ2v) is 6.06. The van der Waals surface area contributed by atoms with Crippen LogP contribution in [0.4, 0.5) is 11.6 Å². The molecule has 0 bridgehead atoms. The van der Waals surface area contributed by atoms with Gasteiger partial charge in [-0.1, -0.05) is 31.0 Å². The zero-order valence-electron chi connectivity index (χ0n) is 11.5. The Morgan fingerprint density at radius 3 is 2.55 bits per heavy atom. The van der Waals surface area contributed by atoms with Crippen LogP contribution in [0.5, 0.6) is 0 Å². The van der Waals surface area contributed by atoms with Crippen LogP contribution >= 0.6 is 11.8 Å². The van der Waals surface area contributed by atoms with Crippen molar-refractivity contribution >= 4 is 29.3 Å². The quantitative estimate of drug-likeness (QED) is 0.562. The van der Waals surface area contributed by atoms with Gasteiger partial charge in [0.15, 0.2) is 5.16 Å². The highest BCUT2D eigenvalue weighted by Gasteiger charge is 2.15. The molecule has 1 aliphatic carbocycles. The van der Waals surface area contributed by atoms with Crippen LogP contribution in [-0.2, 0) is 4.79 Å². The summed E-state index contributed by atoms with van der Waals surface area (Å²) in [4.78, 5) is 19.9. The first kappa shape index (κ1) is 14.9. The van der Waals surface area contributed by atoms with Crippen molar-refractivity contribution in [3.8, 4) is 0 Å². The maximum atomic E-state index is 11.8. The zero-order valence-corrected chi connectivity index (χ0v) is 12.3. The molecule has 1 aliphatic rings. The summed E-state index contributed by atoms with van der Waals surface area (Å²) >= 11 is 1.40. The molecule has 0 aromatic carbocycles. The molecular formula is C13H21N5OS. The molecule has 0 unspecified atom stereocenters. The Hall–Kier alpha value is -1.50. The Kier molecular flexibility index (Phi) is 5.46. The van der Waals surface area contributed by atoms with Crippen LogP contribution < -0.4 is 16.8 Å². The lowest BCUT2D eigenvalue weighted by Gasteiger charge is -2.22. The van der Waals surface area contributed by atoms with Crippen LogP contribution in [0.25, 0.3) is 0 Å². The fourth-order valence-corrected chi connectivity index (χ4v) is 3.12. The minimum atomic E-state index is 0.0984. The van der Waals surface area contributed by atoms with Crippen LogP contribution in [0.15, 0.2) is 11.2 Å². The van der Waals surface area contributed by atoms with Gasteiger partial charge in [-0.05, 0) is 12.8 Å². The number of nitrogens with zero attached hydrogens (tertiary/aromatic N) is 2. The Labute approximate surface area is 123 Å². The summed E-state index contributed by atoms with van der Waals surface area (Å²) in [5, 5.41) is 3.61. The van der Waals surface area contributed by atoms with E-state index in [1.54, 1.807) is 0 Å². The minimum absolute atomic E-state index is 0.0984. The minimum Gasteiger partial charge on any atom is -0.383 e. The highest BCUT2D eigenvalue weighted by Crippen LogP contribution is 2.19. The summed E-state index contributed by atoms with van der Waals surface area (Å²) in [5.74, 6) is 1.43. The first-order chi connectivity index (χ1) is 9.63. The molecule has 1 aromatic heterocycles. The molecule has 0 atom stereocenters. The number of hydrogen-bond acceptors (Lipinski definition) is 6. The average molecular weight is 295 g/mol.